The second kappa shape index (κ2) is 7.81. The van der Waals surface area contributed by atoms with E-state index in [1.807, 2.05) is 42.5 Å². The van der Waals surface area contributed by atoms with Crippen LogP contribution in [-0.4, -0.2) is 25.2 Å². The number of anilines is 1. The molecule has 1 aromatic heterocycles. The summed E-state index contributed by atoms with van der Waals surface area (Å²) >= 11 is 1.75. The maximum atomic E-state index is 8.94. The Labute approximate surface area is 163 Å². The number of ether oxygens (including phenoxy) is 1. The Hall–Kier alpha value is -2.84. The van der Waals surface area contributed by atoms with E-state index in [0.29, 0.717) is 11.5 Å². The summed E-state index contributed by atoms with van der Waals surface area (Å²) in [4.78, 5) is 7.31. The van der Waals surface area contributed by atoms with Crippen LogP contribution in [0.4, 0.5) is 5.69 Å². The summed E-state index contributed by atoms with van der Waals surface area (Å²) in [7, 11) is 1.70. The minimum atomic E-state index is 0.507. The molecule has 4 rings (SSSR count). The zero-order chi connectivity index (χ0) is 18.6. The fraction of sp³-hybridized carbons (Fsp3) is 0.273. The predicted molar refractivity (Wildman–Crippen MR) is 109 cm³/mol. The van der Waals surface area contributed by atoms with Crippen molar-refractivity contribution in [3.8, 4) is 23.1 Å². The number of piperidine rings is 1. The molecule has 3 aromatic rings. The molecule has 1 aliphatic heterocycles. The molecule has 2 aromatic carbocycles. The van der Waals surface area contributed by atoms with Gasteiger partial charge in [0.15, 0.2) is 0 Å². The average molecular weight is 375 g/mol. The molecule has 0 N–H and O–H groups in total. The zero-order valence-electron chi connectivity index (χ0n) is 15.3. The molecule has 4 nitrogen and oxygen atoms in total. The van der Waals surface area contributed by atoms with Crippen LogP contribution >= 0.6 is 11.3 Å². The Morgan fingerprint density at radius 3 is 2.56 bits per heavy atom. The molecule has 0 unspecified atom stereocenters. The van der Waals surface area contributed by atoms with Gasteiger partial charge >= 0.3 is 0 Å². The van der Waals surface area contributed by atoms with Gasteiger partial charge in [-0.3, -0.25) is 0 Å². The lowest BCUT2D eigenvalue weighted by molar-refractivity contribution is 0.416. The van der Waals surface area contributed by atoms with Gasteiger partial charge in [-0.1, -0.05) is 12.1 Å². The number of benzene rings is 2. The average Bonchev–Trinajstić information content (AvgIpc) is 3.24. The molecule has 1 aliphatic rings. The minimum Gasteiger partial charge on any atom is -0.496 e. The molecule has 2 heterocycles. The van der Waals surface area contributed by atoms with E-state index >= 15 is 0 Å². The standard InChI is InChI=1S/C22H21N3OS/c1-26-21-5-3-2-4-19(21)20-15-27-22(24-20)17-10-12-25(13-11-17)18-8-6-16(14-23)7-9-18/h2-9,15,17H,10-13H2,1H3. The number of thiazole rings is 1. The van der Waals surface area contributed by atoms with Gasteiger partial charge in [0.05, 0.1) is 29.4 Å². The van der Waals surface area contributed by atoms with Gasteiger partial charge in [0, 0.05) is 35.6 Å². The summed E-state index contributed by atoms with van der Waals surface area (Å²) < 4.78 is 5.47. The fourth-order valence-electron chi connectivity index (χ4n) is 3.59. The van der Waals surface area contributed by atoms with Gasteiger partial charge in [-0.2, -0.15) is 5.26 Å². The van der Waals surface area contributed by atoms with Gasteiger partial charge in [0.1, 0.15) is 5.75 Å². The molecule has 0 saturated carbocycles. The molecule has 0 amide bonds. The second-order valence-corrected chi connectivity index (χ2v) is 7.58. The molecule has 5 heteroatoms. The van der Waals surface area contributed by atoms with Crippen LogP contribution in [0.3, 0.4) is 0 Å². The third kappa shape index (κ3) is 3.67. The highest BCUT2D eigenvalue weighted by Crippen LogP contribution is 2.36. The number of para-hydroxylation sites is 1. The van der Waals surface area contributed by atoms with Crippen molar-refractivity contribution in [1.29, 1.82) is 5.26 Å². The van der Waals surface area contributed by atoms with E-state index in [0.717, 1.165) is 42.9 Å². The molecule has 0 aliphatic carbocycles. The Balaban J connectivity index is 1.44. The van der Waals surface area contributed by atoms with Gasteiger partial charge < -0.3 is 9.64 Å². The molecule has 136 valence electrons. The lowest BCUT2D eigenvalue weighted by Crippen LogP contribution is -2.32. The number of methoxy groups -OCH3 is 1. The predicted octanol–water partition coefficient (Wildman–Crippen LogP) is 5.07. The molecular formula is C22H21N3OS. The van der Waals surface area contributed by atoms with Crippen LogP contribution in [0.15, 0.2) is 53.9 Å². The van der Waals surface area contributed by atoms with Crippen molar-refractivity contribution in [2.24, 2.45) is 0 Å². The van der Waals surface area contributed by atoms with Crippen molar-refractivity contribution in [3.63, 3.8) is 0 Å². The minimum absolute atomic E-state index is 0.507. The van der Waals surface area contributed by atoms with Crippen molar-refractivity contribution in [3.05, 3.63) is 64.5 Å². The van der Waals surface area contributed by atoms with Gasteiger partial charge in [0.2, 0.25) is 0 Å². The third-order valence-corrected chi connectivity index (χ3v) is 6.12. The summed E-state index contributed by atoms with van der Waals surface area (Å²) in [6.45, 7) is 2.03. The van der Waals surface area contributed by atoms with Crippen molar-refractivity contribution in [2.45, 2.75) is 18.8 Å². The second-order valence-electron chi connectivity index (χ2n) is 6.69. The van der Waals surface area contributed by atoms with Crippen molar-refractivity contribution < 1.29 is 4.74 Å². The van der Waals surface area contributed by atoms with E-state index in [9.17, 15) is 0 Å². The Morgan fingerprint density at radius 1 is 1.11 bits per heavy atom. The van der Waals surface area contributed by atoms with E-state index in [4.69, 9.17) is 15.0 Å². The van der Waals surface area contributed by atoms with Crippen LogP contribution in [0.2, 0.25) is 0 Å². The first kappa shape index (κ1) is 17.6. The first-order valence-electron chi connectivity index (χ1n) is 9.12. The van der Waals surface area contributed by atoms with E-state index in [1.54, 1.807) is 18.4 Å². The van der Waals surface area contributed by atoms with Crippen LogP contribution in [0.5, 0.6) is 5.75 Å². The third-order valence-electron chi connectivity index (χ3n) is 5.11. The van der Waals surface area contributed by atoms with Crippen molar-refractivity contribution in [1.82, 2.24) is 4.98 Å². The van der Waals surface area contributed by atoms with Crippen LogP contribution in [0.25, 0.3) is 11.3 Å². The smallest absolute Gasteiger partial charge is 0.128 e. The van der Waals surface area contributed by atoms with Crippen LogP contribution in [0, 0.1) is 11.3 Å². The zero-order valence-corrected chi connectivity index (χ0v) is 16.1. The Bertz CT molecular complexity index is 950. The largest absolute Gasteiger partial charge is 0.496 e. The summed E-state index contributed by atoms with van der Waals surface area (Å²) in [6.07, 6.45) is 2.19. The topological polar surface area (TPSA) is 49.1 Å². The van der Waals surface area contributed by atoms with Crippen molar-refractivity contribution >= 4 is 17.0 Å². The molecule has 0 radical (unpaired) electrons. The van der Waals surface area contributed by atoms with Gasteiger partial charge in [-0.05, 0) is 49.2 Å². The lowest BCUT2D eigenvalue weighted by Gasteiger charge is -2.32. The van der Waals surface area contributed by atoms with Crippen LogP contribution < -0.4 is 9.64 Å². The van der Waals surface area contributed by atoms with Gasteiger partial charge in [0.25, 0.3) is 0 Å². The summed E-state index contributed by atoms with van der Waals surface area (Å²) in [5.41, 5.74) is 3.96. The van der Waals surface area contributed by atoms with Crippen molar-refractivity contribution in [2.75, 3.05) is 25.1 Å². The monoisotopic (exact) mass is 375 g/mol. The van der Waals surface area contributed by atoms with Gasteiger partial charge in [-0.15, -0.1) is 11.3 Å². The van der Waals surface area contributed by atoms with E-state index in [1.165, 1.54) is 10.7 Å². The molecule has 0 atom stereocenters. The number of aromatic nitrogens is 1. The van der Waals surface area contributed by atoms with E-state index in [-0.39, 0.29) is 0 Å². The van der Waals surface area contributed by atoms with E-state index in [2.05, 4.69) is 22.4 Å². The van der Waals surface area contributed by atoms with E-state index < -0.39 is 0 Å². The SMILES string of the molecule is COc1ccccc1-c1csc(C2CCN(c3ccc(C#N)cc3)CC2)n1. The summed E-state index contributed by atoms with van der Waals surface area (Å²) in [6, 6.07) is 18.1. The lowest BCUT2D eigenvalue weighted by atomic mass is 9.97. The molecule has 1 fully saturated rings. The number of rotatable bonds is 4. The number of nitriles is 1. The number of nitrogens with zero attached hydrogens (tertiary/aromatic N) is 3. The fourth-order valence-corrected chi connectivity index (χ4v) is 4.58. The maximum Gasteiger partial charge on any atom is 0.128 e. The number of hydrogen-bond acceptors (Lipinski definition) is 5. The quantitative estimate of drug-likeness (QED) is 0.638. The highest BCUT2D eigenvalue weighted by atomic mass is 32.1. The molecule has 27 heavy (non-hydrogen) atoms. The summed E-state index contributed by atoms with van der Waals surface area (Å²) in [5.74, 6) is 1.37. The van der Waals surface area contributed by atoms with Gasteiger partial charge in [-0.25, -0.2) is 4.98 Å². The van der Waals surface area contributed by atoms with Crippen LogP contribution in [0.1, 0.15) is 29.3 Å². The highest BCUT2D eigenvalue weighted by molar-refractivity contribution is 7.10. The molecular weight excluding hydrogens is 354 g/mol. The normalized spacial score (nSPS) is 14.7. The molecule has 0 spiro atoms. The van der Waals surface area contributed by atoms with Crippen LogP contribution in [-0.2, 0) is 0 Å². The Morgan fingerprint density at radius 2 is 1.85 bits per heavy atom. The summed E-state index contributed by atoms with van der Waals surface area (Å²) in [5, 5.41) is 12.3. The molecule has 0 bridgehead atoms. The highest BCUT2D eigenvalue weighted by Gasteiger charge is 2.23. The first-order valence-corrected chi connectivity index (χ1v) is 10.0. The maximum absolute atomic E-state index is 8.94. The first-order chi connectivity index (χ1) is 13.3. The number of hydrogen-bond donors (Lipinski definition) is 0. The Kier molecular flexibility index (Phi) is 5.08. The molecule has 1 saturated heterocycles.